The highest BCUT2D eigenvalue weighted by molar-refractivity contribution is 5.89. The Hall–Kier alpha value is -2.41. The molecule has 0 spiro atoms. The highest BCUT2D eigenvalue weighted by atomic mass is 16.5. The number of rotatable bonds is 3. The van der Waals surface area contributed by atoms with Gasteiger partial charge in [-0.3, -0.25) is 4.79 Å². The summed E-state index contributed by atoms with van der Waals surface area (Å²) < 4.78 is 10.6. The number of hydrogen-bond donors (Lipinski definition) is 0. The van der Waals surface area contributed by atoms with Crippen LogP contribution in [0.25, 0.3) is 11.5 Å². The van der Waals surface area contributed by atoms with E-state index in [0.717, 1.165) is 24.4 Å². The second-order valence-electron chi connectivity index (χ2n) is 5.24. The van der Waals surface area contributed by atoms with E-state index < -0.39 is 0 Å². The number of methoxy groups -OCH3 is 1. The minimum Gasteiger partial charge on any atom is -0.497 e. The number of hydrogen-bond acceptors (Lipinski definition) is 6. The van der Waals surface area contributed by atoms with Crippen molar-refractivity contribution in [2.24, 2.45) is 0 Å². The summed E-state index contributed by atoms with van der Waals surface area (Å²) in [5.41, 5.74) is 0.755. The van der Waals surface area contributed by atoms with E-state index in [2.05, 4.69) is 15.1 Å². The molecule has 0 unspecified atom stereocenters. The van der Waals surface area contributed by atoms with Gasteiger partial charge in [0.05, 0.1) is 7.11 Å². The van der Waals surface area contributed by atoms with Gasteiger partial charge >= 0.3 is 11.8 Å². The summed E-state index contributed by atoms with van der Waals surface area (Å²) >= 11 is 0. The van der Waals surface area contributed by atoms with E-state index >= 15 is 0 Å². The van der Waals surface area contributed by atoms with Gasteiger partial charge in [0, 0.05) is 31.7 Å². The van der Waals surface area contributed by atoms with Gasteiger partial charge in [0.25, 0.3) is 0 Å². The minimum absolute atomic E-state index is 0.0374. The molecule has 0 bridgehead atoms. The molecule has 1 saturated heterocycles. The van der Waals surface area contributed by atoms with Crippen LogP contribution in [0.15, 0.2) is 28.7 Å². The number of piperazine rings is 1. The summed E-state index contributed by atoms with van der Waals surface area (Å²) in [4.78, 5) is 16.3. The third kappa shape index (κ3) is 2.94. The number of nitrogens with zero attached hydrogens (tertiary/aromatic N) is 4. The lowest BCUT2D eigenvalue weighted by Gasteiger charge is -2.31. The zero-order valence-electron chi connectivity index (χ0n) is 12.7. The molecular formula is C15H18N4O3. The molecule has 7 nitrogen and oxygen atoms in total. The lowest BCUT2D eigenvalue weighted by atomic mass is 10.2. The summed E-state index contributed by atoms with van der Waals surface area (Å²) in [6.45, 7) is 3.06. The Morgan fingerprint density at radius 1 is 1.14 bits per heavy atom. The number of benzene rings is 1. The fourth-order valence-corrected chi connectivity index (χ4v) is 2.30. The van der Waals surface area contributed by atoms with Crippen LogP contribution in [0.3, 0.4) is 0 Å². The summed E-state index contributed by atoms with van der Waals surface area (Å²) in [7, 11) is 3.64. The summed E-state index contributed by atoms with van der Waals surface area (Å²) in [6, 6.07) is 7.25. The van der Waals surface area contributed by atoms with Crippen LogP contribution in [-0.4, -0.2) is 66.2 Å². The van der Waals surface area contributed by atoms with Crippen LogP contribution in [0.2, 0.25) is 0 Å². The maximum absolute atomic E-state index is 12.3. The molecule has 0 saturated carbocycles. The van der Waals surface area contributed by atoms with Crippen molar-refractivity contribution in [3.63, 3.8) is 0 Å². The topological polar surface area (TPSA) is 71.7 Å². The maximum atomic E-state index is 12.3. The van der Waals surface area contributed by atoms with E-state index in [4.69, 9.17) is 9.15 Å². The van der Waals surface area contributed by atoms with Crippen molar-refractivity contribution >= 4 is 5.91 Å². The molecule has 1 fully saturated rings. The van der Waals surface area contributed by atoms with Crippen LogP contribution in [0.1, 0.15) is 10.7 Å². The Kier molecular flexibility index (Phi) is 4.06. The van der Waals surface area contributed by atoms with Crippen LogP contribution < -0.4 is 4.74 Å². The fraction of sp³-hybridized carbons (Fsp3) is 0.400. The van der Waals surface area contributed by atoms with E-state index in [0.29, 0.717) is 19.0 Å². The third-order valence-corrected chi connectivity index (χ3v) is 3.74. The highest BCUT2D eigenvalue weighted by Crippen LogP contribution is 2.21. The van der Waals surface area contributed by atoms with Gasteiger partial charge in [-0.1, -0.05) is 0 Å². The Labute approximate surface area is 128 Å². The lowest BCUT2D eigenvalue weighted by molar-refractivity contribution is 0.0625. The standard InChI is InChI=1S/C15H18N4O3/c1-18-7-9-19(10-8-18)15(20)14-17-16-13(22-14)11-3-5-12(21-2)6-4-11/h3-6H,7-10H2,1-2H3. The number of carbonyl (C=O) groups is 1. The van der Waals surface area contributed by atoms with Crippen molar-refractivity contribution < 1.29 is 13.9 Å². The zero-order valence-corrected chi connectivity index (χ0v) is 12.7. The molecule has 1 aliphatic rings. The van der Waals surface area contributed by atoms with E-state index in [1.165, 1.54) is 0 Å². The van der Waals surface area contributed by atoms with Gasteiger partial charge in [0.15, 0.2) is 0 Å². The molecule has 3 rings (SSSR count). The van der Waals surface area contributed by atoms with Gasteiger partial charge in [0.1, 0.15) is 5.75 Å². The maximum Gasteiger partial charge on any atom is 0.311 e. The van der Waals surface area contributed by atoms with Crippen molar-refractivity contribution in [3.05, 3.63) is 30.2 Å². The average Bonchev–Trinajstić information content (AvgIpc) is 3.05. The zero-order chi connectivity index (χ0) is 15.5. The molecular weight excluding hydrogens is 284 g/mol. The first kappa shape index (κ1) is 14.5. The van der Waals surface area contributed by atoms with Crippen LogP contribution >= 0.6 is 0 Å². The number of ether oxygens (including phenoxy) is 1. The quantitative estimate of drug-likeness (QED) is 0.846. The van der Waals surface area contributed by atoms with Gasteiger partial charge in [0.2, 0.25) is 5.89 Å². The van der Waals surface area contributed by atoms with Crippen molar-refractivity contribution in [1.29, 1.82) is 0 Å². The smallest absolute Gasteiger partial charge is 0.311 e. The molecule has 1 aromatic carbocycles. The number of carbonyl (C=O) groups excluding carboxylic acids is 1. The second kappa shape index (κ2) is 6.15. The Balaban J connectivity index is 1.73. The van der Waals surface area contributed by atoms with Crippen LogP contribution in [0.4, 0.5) is 0 Å². The number of amides is 1. The van der Waals surface area contributed by atoms with Crippen LogP contribution in [-0.2, 0) is 0 Å². The molecule has 22 heavy (non-hydrogen) atoms. The summed E-state index contributed by atoms with van der Waals surface area (Å²) in [5.74, 6) is 0.910. The van der Waals surface area contributed by atoms with E-state index in [1.807, 2.05) is 31.3 Å². The molecule has 0 N–H and O–H groups in total. The highest BCUT2D eigenvalue weighted by Gasteiger charge is 2.25. The van der Waals surface area contributed by atoms with Gasteiger partial charge in [-0.2, -0.15) is 0 Å². The van der Waals surface area contributed by atoms with Crippen molar-refractivity contribution in [3.8, 4) is 17.2 Å². The Bertz CT molecular complexity index is 645. The van der Waals surface area contributed by atoms with E-state index in [1.54, 1.807) is 12.0 Å². The molecule has 7 heteroatoms. The fourth-order valence-electron chi connectivity index (χ4n) is 2.30. The van der Waals surface area contributed by atoms with Crippen LogP contribution in [0, 0.1) is 0 Å². The molecule has 1 aromatic heterocycles. The number of likely N-dealkylation sites (N-methyl/N-ethyl adjacent to an activating group) is 1. The summed E-state index contributed by atoms with van der Waals surface area (Å²) in [6.07, 6.45) is 0. The average molecular weight is 302 g/mol. The molecule has 1 aliphatic heterocycles. The Morgan fingerprint density at radius 2 is 1.82 bits per heavy atom. The molecule has 2 aromatic rings. The molecule has 116 valence electrons. The van der Waals surface area contributed by atoms with Crippen molar-refractivity contribution in [2.75, 3.05) is 40.3 Å². The predicted molar refractivity (Wildman–Crippen MR) is 79.7 cm³/mol. The lowest BCUT2D eigenvalue weighted by Crippen LogP contribution is -2.47. The largest absolute Gasteiger partial charge is 0.497 e. The van der Waals surface area contributed by atoms with E-state index in [-0.39, 0.29) is 11.8 Å². The molecule has 0 radical (unpaired) electrons. The third-order valence-electron chi connectivity index (χ3n) is 3.74. The van der Waals surface area contributed by atoms with Gasteiger partial charge < -0.3 is 19.0 Å². The first-order valence-electron chi connectivity index (χ1n) is 7.13. The first-order valence-corrected chi connectivity index (χ1v) is 7.13. The normalized spacial score (nSPS) is 15.8. The van der Waals surface area contributed by atoms with Gasteiger partial charge in [-0.15, -0.1) is 10.2 Å². The Morgan fingerprint density at radius 3 is 2.45 bits per heavy atom. The predicted octanol–water partition coefficient (Wildman–Crippen LogP) is 1.13. The van der Waals surface area contributed by atoms with Gasteiger partial charge in [-0.25, -0.2) is 0 Å². The molecule has 1 amide bonds. The molecule has 0 aliphatic carbocycles. The second-order valence-corrected chi connectivity index (χ2v) is 5.24. The first-order chi connectivity index (χ1) is 10.7. The molecule has 2 heterocycles. The minimum atomic E-state index is -0.208. The van der Waals surface area contributed by atoms with Crippen molar-refractivity contribution in [2.45, 2.75) is 0 Å². The molecule has 0 atom stereocenters. The van der Waals surface area contributed by atoms with Crippen LogP contribution in [0.5, 0.6) is 5.75 Å². The number of aromatic nitrogens is 2. The van der Waals surface area contributed by atoms with Gasteiger partial charge in [-0.05, 0) is 31.3 Å². The van der Waals surface area contributed by atoms with Crippen molar-refractivity contribution in [1.82, 2.24) is 20.0 Å². The van der Waals surface area contributed by atoms with E-state index in [9.17, 15) is 4.79 Å². The monoisotopic (exact) mass is 302 g/mol. The SMILES string of the molecule is COc1ccc(-c2nnc(C(=O)N3CCN(C)CC3)o2)cc1. The summed E-state index contributed by atoms with van der Waals surface area (Å²) in [5, 5.41) is 7.83.